The van der Waals surface area contributed by atoms with E-state index in [1.807, 2.05) is 26.8 Å². The Kier molecular flexibility index (Phi) is 2.26. The Balaban J connectivity index is 2.25. The lowest BCUT2D eigenvalue weighted by molar-refractivity contribution is -0.178. The van der Waals surface area contributed by atoms with Crippen LogP contribution in [0.5, 0.6) is 0 Å². The Morgan fingerprint density at radius 1 is 1.56 bits per heavy atom. The van der Waals surface area contributed by atoms with E-state index in [0.717, 1.165) is 5.56 Å². The van der Waals surface area contributed by atoms with Gasteiger partial charge in [0.15, 0.2) is 5.72 Å². The van der Waals surface area contributed by atoms with Gasteiger partial charge >= 0.3 is 6.09 Å². The molecular formula is C11H15N3O2. The van der Waals surface area contributed by atoms with Gasteiger partial charge in [-0.2, -0.15) is 0 Å². The van der Waals surface area contributed by atoms with Crippen LogP contribution in [0.25, 0.3) is 0 Å². The molecule has 0 aromatic carbocycles. The molecule has 0 radical (unpaired) electrons. The highest BCUT2D eigenvalue weighted by Crippen LogP contribution is 2.37. The molecule has 0 aliphatic carbocycles. The molecule has 0 unspecified atom stereocenters. The van der Waals surface area contributed by atoms with Crippen molar-refractivity contribution in [3.05, 3.63) is 23.9 Å². The van der Waals surface area contributed by atoms with Gasteiger partial charge < -0.3 is 10.5 Å². The minimum absolute atomic E-state index is 0.0680. The Bertz CT molecular complexity index is 431. The van der Waals surface area contributed by atoms with Crippen molar-refractivity contribution in [3.63, 3.8) is 0 Å². The van der Waals surface area contributed by atoms with E-state index in [-0.39, 0.29) is 12.1 Å². The predicted molar refractivity (Wildman–Crippen MR) is 59.5 cm³/mol. The van der Waals surface area contributed by atoms with Gasteiger partial charge in [-0.05, 0) is 38.5 Å². The minimum Gasteiger partial charge on any atom is -0.423 e. The van der Waals surface area contributed by atoms with Crippen LogP contribution in [0.4, 0.5) is 10.6 Å². The van der Waals surface area contributed by atoms with E-state index in [0.29, 0.717) is 5.82 Å². The lowest BCUT2D eigenvalue weighted by Gasteiger charge is -2.49. The Morgan fingerprint density at radius 3 is 2.75 bits per heavy atom. The van der Waals surface area contributed by atoms with Gasteiger partial charge in [-0.15, -0.1) is 0 Å². The van der Waals surface area contributed by atoms with Crippen molar-refractivity contribution in [2.24, 2.45) is 0 Å². The number of pyridine rings is 1. The summed E-state index contributed by atoms with van der Waals surface area (Å²) in [5.41, 5.74) is 6.02. The summed E-state index contributed by atoms with van der Waals surface area (Å²) < 4.78 is 5.05. The highest BCUT2D eigenvalue weighted by molar-refractivity contribution is 5.74. The molecule has 86 valence electrons. The first-order chi connectivity index (χ1) is 7.42. The third-order valence-corrected chi connectivity index (χ3v) is 2.79. The number of rotatable bonds is 2. The summed E-state index contributed by atoms with van der Waals surface area (Å²) >= 11 is 0. The fraction of sp³-hybridized carbons (Fsp3) is 0.455. The molecule has 1 saturated heterocycles. The standard InChI is InChI=1S/C11H15N3O2/c1-7(8-4-5-13-9(12)6-8)14-10(15)16-11(14,2)3/h4-7H,1-3H3,(H2,12,13)/t7-/m1/s1. The molecule has 1 aromatic rings. The molecule has 2 N–H and O–H groups in total. The number of carbonyl (C=O) groups excluding carboxylic acids is 1. The zero-order valence-corrected chi connectivity index (χ0v) is 9.60. The van der Waals surface area contributed by atoms with E-state index >= 15 is 0 Å². The molecule has 0 spiro atoms. The maximum atomic E-state index is 11.4. The summed E-state index contributed by atoms with van der Waals surface area (Å²) in [7, 11) is 0. The van der Waals surface area contributed by atoms with Crippen molar-refractivity contribution in [1.82, 2.24) is 9.88 Å². The number of nitrogen functional groups attached to an aromatic ring is 1. The van der Waals surface area contributed by atoms with Crippen molar-refractivity contribution in [2.45, 2.75) is 32.5 Å². The summed E-state index contributed by atoms with van der Waals surface area (Å²) in [5.74, 6) is 0.455. The zero-order chi connectivity index (χ0) is 11.9. The molecule has 16 heavy (non-hydrogen) atoms. The average molecular weight is 221 g/mol. The van der Waals surface area contributed by atoms with Gasteiger partial charge in [0.05, 0.1) is 6.04 Å². The number of cyclic esters (lactones) is 1. The third-order valence-electron chi connectivity index (χ3n) is 2.79. The maximum Gasteiger partial charge on any atom is 0.415 e. The number of anilines is 1. The minimum atomic E-state index is -0.547. The Hall–Kier alpha value is -1.78. The molecular weight excluding hydrogens is 206 g/mol. The Labute approximate surface area is 94.2 Å². The van der Waals surface area contributed by atoms with Gasteiger partial charge in [0.25, 0.3) is 0 Å². The van der Waals surface area contributed by atoms with Crippen molar-refractivity contribution in [3.8, 4) is 0 Å². The van der Waals surface area contributed by atoms with Crippen LogP contribution in [0, 0.1) is 0 Å². The summed E-state index contributed by atoms with van der Waals surface area (Å²) in [5, 5.41) is 0. The number of aromatic nitrogens is 1. The number of amides is 1. The normalized spacial score (nSPS) is 19.9. The smallest absolute Gasteiger partial charge is 0.415 e. The van der Waals surface area contributed by atoms with E-state index in [2.05, 4.69) is 4.98 Å². The van der Waals surface area contributed by atoms with E-state index in [4.69, 9.17) is 10.5 Å². The summed E-state index contributed by atoms with van der Waals surface area (Å²) in [6, 6.07) is 3.55. The van der Waals surface area contributed by atoms with E-state index < -0.39 is 5.72 Å². The fourth-order valence-corrected chi connectivity index (χ4v) is 1.99. The third kappa shape index (κ3) is 1.58. The van der Waals surface area contributed by atoms with Crippen molar-refractivity contribution < 1.29 is 9.53 Å². The number of ether oxygens (including phenoxy) is 1. The van der Waals surface area contributed by atoms with Crippen LogP contribution in [0.3, 0.4) is 0 Å². The largest absolute Gasteiger partial charge is 0.423 e. The second-order valence-corrected chi connectivity index (χ2v) is 4.37. The summed E-state index contributed by atoms with van der Waals surface area (Å²) in [4.78, 5) is 17.0. The summed E-state index contributed by atoms with van der Waals surface area (Å²) in [6.45, 7) is 5.65. The van der Waals surface area contributed by atoms with Crippen molar-refractivity contribution >= 4 is 11.9 Å². The Morgan fingerprint density at radius 2 is 2.25 bits per heavy atom. The van der Waals surface area contributed by atoms with Gasteiger partial charge in [0.2, 0.25) is 0 Å². The number of hydrogen-bond acceptors (Lipinski definition) is 4. The van der Waals surface area contributed by atoms with Crippen LogP contribution < -0.4 is 5.73 Å². The van der Waals surface area contributed by atoms with Crippen LogP contribution in [0.2, 0.25) is 0 Å². The molecule has 5 heteroatoms. The van der Waals surface area contributed by atoms with Crippen LogP contribution in [0.1, 0.15) is 32.4 Å². The highest BCUT2D eigenvalue weighted by atomic mass is 16.6. The molecule has 2 rings (SSSR count). The second-order valence-electron chi connectivity index (χ2n) is 4.37. The molecule has 1 atom stereocenters. The molecule has 1 fully saturated rings. The van der Waals surface area contributed by atoms with E-state index in [1.165, 1.54) is 0 Å². The van der Waals surface area contributed by atoms with Crippen LogP contribution >= 0.6 is 0 Å². The van der Waals surface area contributed by atoms with Crippen molar-refractivity contribution in [2.75, 3.05) is 5.73 Å². The maximum absolute atomic E-state index is 11.4. The van der Waals surface area contributed by atoms with Gasteiger partial charge in [-0.3, -0.25) is 4.90 Å². The molecule has 1 aliphatic heterocycles. The highest BCUT2D eigenvalue weighted by Gasteiger charge is 2.48. The van der Waals surface area contributed by atoms with E-state index in [9.17, 15) is 4.79 Å². The number of carbonyl (C=O) groups is 1. The quantitative estimate of drug-likeness (QED) is 0.828. The first kappa shape index (κ1) is 10.7. The van der Waals surface area contributed by atoms with Crippen LogP contribution in [-0.4, -0.2) is 21.7 Å². The van der Waals surface area contributed by atoms with Gasteiger partial charge in [-0.25, -0.2) is 9.78 Å². The fourth-order valence-electron chi connectivity index (χ4n) is 1.99. The molecule has 1 amide bonds. The number of hydrogen-bond donors (Lipinski definition) is 1. The molecule has 0 saturated carbocycles. The van der Waals surface area contributed by atoms with E-state index in [1.54, 1.807) is 17.2 Å². The number of nitrogens with two attached hydrogens (primary N) is 1. The van der Waals surface area contributed by atoms with Gasteiger partial charge in [0.1, 0.15) is 5.82 Å². The lowest BCUT2D eigenvalue weighted by atomic mass is 10.0. The van der Waals surface area contributed by atoms with Gasteiger partial charge in [-0.1, -0.05) is 0 Å². The zero-order valence-electron chi connectivity index (χ0n) is 9.60. The predicted octanol–water partition coefficient (Wildman–Crippen LogP) is 1.91. The monoisotopic (exact) mass is 221 g/mol. The first-order valence-electron chi connectivity index (χ1n) is 5.15. The lowest BCUT2D eigenvalue weighted by Crippen LogP contribution is -2.62. The molecule has 2 heterocycles. The molecule has 5 nitrogen and oxygen atoms in total. The van der Waals surface area contributed by atoms with Crippen molar-refractivity contribution in [1.29, 1.82) is 0 Å². The van der Waals surface area contributed by atoms with Crippen LogP contribution in [-0.2, 0) is 4.74 Å². The molecule has 1 aromatic heterocycles. The topological polar surface area (TPSA) is 68.5 Å². The number of nitrogens with zero attached hydrogens (tertiary/aromatic N) is 2. The first-order valence-corrected chi connectivity index (χ1v) is 5.15. The van der Waals surface area contributed by atoms with Crippen LogP contribution in [0.15, 0.2) is 18.3 Å². The molecule has 1 aliphatic rings. The van der Waals surface area contributed by atoms with Gasteiger partial charge in [0, 0.05) is 6.20 Å². The second kappa shape index (κ2) is 3.37. The SMILES string of the molecule is C[C@H](c1ccnc(N)c1)N1C(=O)OC1(C)C. The molecule has 0 bridgehead atoms. The summed E-state index contributed by atoms with van der Waals surface area (Å²) in [6.07, 6.45) is 1.34. The average Bonchev–Trinajstić information content (AvgIpc) is 2.16.